The van der Waals surface area contributed by atoms with Crippen molar-refractivity contribution in [3.8, 4) is 0 Å². The lowest BCUT2D eigenvalue weighted by Crippen LogP contribution is -2.09. The molecule has 0 aliphatic carbocycles. The van der Waals surface area contributed by atoms with Gasteiger partial charge in [-0.05, 0) is 18.3 Å². The molecule has 0 saturated heterocycles. The van der Waals surface area contributed by atoms with Crippen LogP contribution in [-0.4, -0.2) is 0 Å². The second-order valence-corrected chi connectivity index (χ2v) is 4.44. The Bertz CT molecular complexity index is 92.2. The molecule has 0 bridgehead atoms. The summed E-state index contributed by atoms with van der Waals surface area (Å²) in [5.41, 5.74) is 0.464. The van der Waals surface area contributed by atoms with E-state index in [9.17, 15) is 0 Å². The van der Waals surface area contributed by atoms with Crippen LogP contribution >= 0.6 is 0 Å². The zero-order chi connectivity index (χ0) is 9.45. The third kappa shape index (κ3) is 6.69. The van der Waals surface area contributed by atoms with Crippen LogP contribution in [-0.2, 0) is 0 Å². The molecule has 0 atom stereocenters. The van der Waals surface area contributed by atoms with Crippen LogP contribution in [0.1, 0.15) is 66.2 Å². The molecule has 0 amide bonds. The normalized spacial score (nSPS) is 12.0. The van der Waals surface area contributed by atoms with Crippen molar-refractivity contribution in [1.29, 1.82) is 0 Å². The van der Waals surface area contributed by atoms with Crippen LogP contribution < -0.4 is 0 Å². The standard InChI is InChI=1S/C12H25/c1-5-7-8-9-10-11-12(3,4)6-2/h6H,5,7-11H2,1-4H3. The van der Waals surface area contributed by atoms with E-state index in [2.05, 4.69) is 34.1 Å². The van der Waals surface area contributed by atoms with Gasteiger partial charge in [-0.1, -0.05) is 59.8 Å². The number of unbranched alkanes of at least 4 members (excludes halogenated alkanes) is 4. The van der Waals surface area contributed by atoms with Crippen molar-refractivity contribution in [2.24, 2.45) is 5.41 Å². The summed E-state index contributed by atoms with van der Waals surface area (Å²) in [5, 5.41) is 0. The quantitative estimate of drug-likeness (QED) is 0.489. The zero-order valence-corrected chi connectivity index (χ0v) is 9.32. The summed E-state index contributed by atoms with van der Waals surface area (Å²) >= 11 is 0. The molecule has 0 aromatic heterocycles. The van der Waals surface area contributed by atoms with Gasteiger partial charge in [-0.15, -0.1) is 0 Å². The van der Waals surface area contributed by atoms with Crippen molar-refractivity contribution in [1.82, 2.24) is 0 Å². The molecule has 0 unspecified atom stereocenters. The molecule has 0 spiro atoms. The highest BCUT2D eigenvalue weighted by atomic mass is 14.2. The van der Waals surface area contributed by atoms with Crippen LogP contribution in [0.15, 0.2) is 0 Å². The Balaban J connectivity index is 3.19. The second-order valence-electron chi connectivity index (χ2n) is 4.44. The van der Waals surface area contributed by atoms with Crippen LogP contribution in [0, 0.1) is 11.8 Å². The predicted octanol–water partition coefficient (Wildman–Crippen LogP) is 4.60. The highest BCUT2D eigenvalue weighted by Gasteiger charge is 2.13. The maximum atomic E-state index is 2.33. The molecule has 12 heavy (non-hydrogen) atoms. The molecule has 1 radical (unpaired) electrons. The fourth-order valence-corrected chi connectivity index (χ4v) is 1.33. The van der Waals surface area contributed by atoms with Crippen molar-refractivity contribution in [3.63, 3.8) is 0 Å². The first-order chi connectivity index (χ1) is 5.62. The van der Waals surface area contributed by atoms with E-state index < -0.39 is 0 Å². The van der Waals surface area contributed by atoms with E-state index >= 15 is 0 Å². The first-order valence-corrected chi connectivity index (χ1v) is 5.43. The summed E-state index contributed by atoms with van der Waals surface area (Å²) in [4.78, 5) is 0. The SMILES string of the molecule is C[CH]C(C)(C)CCCCCCC. The monoisotopic (exact) mass is 169 g/mol. The van der Waals surface area contributed by atoms with Gasteiger partial charge in [0.25, 0.3) is 0 Å². The molecule has 0 heterocycles. The molecule has 0 rings (SSSR count). The lowest BCUT2D eigenvalue weighted by Gasteiger charge is -2.21. The zero-order valence-electron chi connectivity index (χ0n) is 9.32. The Morgan fingerprint density at radius 2 is 1.58 bits per heavy atom. The minimum atomic E-state index is 0.464. The van der Waals surface area contributed by atoms with E-state index in [0.717, 1.165) is 0 Å². The second kappa shape index (κ2) is 6.51. The molecule has 0 heteroatoms. The molecule has 0 N–H and O–H groups in total. The van der Waals surface area contributed by atoms with E-state index in [-0.39, 0.29) is 0 Å². The van der Waals surface area contributed by atoms with Gasteiger partial charge in [0.1, 0.15) is 0 Å². The Morgan fingerprint density at radius 3 is 2.08 bits per heavy atom. The molecule has 0 aliphatic rings. The van der Waals surface area contributed by atoms with Crippen molar-refractivity contribution >= 4 is 0 Å². The minimum absolute atomic E-state index is 0.464. The summed E-state index contributed by atoms with van der Waals surface area (Å²) in [6, 6.07) is 0. The fraction of sp³-hybridized carbons (Fsp3) is 0.917. The lowest BCUT2D eigenvalue weighted by atomic mass is 9.84. The largest absolute Gasteiger partial charge is 0.0654 e. The lowest BCUT2D eigenvalue weighted by molar-refractivity contribution is 0.377. The summed E-state index contributed by atoms with van der Waals surface area (Å²) < 4.78 is 0. The molecule has 0 nitrogen and oxygen atoms in total. The summed E-state index contributed by atoms with van der Waals surface area (Å²) in [7, 11) is 0. The Hall–Kier alpha value is 0. The average Bonchev–Trinajstić information content (AvgIpc) is 2.04. The van der Waals surface area contributed by atoms with Crippen LogP contribution in [0.5, 0.6) is 0 Å². The summed E-state index contributed by atoms with van der Waals surface area (Å²) in [5.74, 6) is 0. The van der Waals surface area contributed by atoms with Gasteiger partial charge in [0.15, 0.2) is 0 Å². The van der Waals surface area contributed by atoms with E-state index in [0.29, 0.717) is 5.41 Å². The minimum Gasteiger partial charge on any atom is -0.0654 e. The van der Waals surface area contributed by atoms with Gasteiger partial charge in [0.2, 0.25) is 0 Å². The summed E-state index contributed by atoms with van der Waals surface area (Å²) in [6.45, 7) is 9.09. The molecule has 0 fully saturated rings. The van der Waals surface area contributed by atoms with Gasteiger partial charge in [0.05, 0.1) is 0 Å². The Kier molecular flexibility index (Phi) is 6.51. The predicted molar refractivity (Wildman–Crippen MR) is 57.1 cm³/mol. The number of rotatable bonds is 7. The maximum Gasteiger partial charge on any atom is -0.0326 e. The van der Waals surface area contributed by atoms with Crippen LogP contribution in [0.25, 0.3) is 0 Å². The van der Waals surface area contributed by atoms with Crippen molar-refractivity contribution in [2.75, 3.05) is 0 Å². The van der Waals surface area contributed by atoms with Crippen LogP contribution in [0.4, 0.5) is 0 Å². The topological polar surface area (TPSA) is 0 Å². The molecular formula is C12H25. The fourth-order valence-electron chi connectivity index (χ4n) is 1.33. The number of hydrogen-bond acceptors (Lipinski definition) is 0. The van der Waals surface area contributed by atoms with Gasteiger partial charge < -0.3 is 0 Å². The molecule has 73 valence electrons. The van der Waals surface area contributed by atoms with Crippen LogP contribution in [0.2, 0.25) is 0 Å². The average molecular weight is 169 g/mol. The van der Waals surface area contributed by atoms with Gasteiger partial charge >= 0.3 is 0 Å². The number of hydrogen-bond donors (Lipinski definition) is 0. The highest BCUT2D eigenvalue weighted by Crippen LogP contribution is 2.26. The van der Waals surface area contributed by atoms with Crippen molar-refractivity contribution in [3.05, 3.63) is 6.42 Å². The first kappa shape index (κ1) is 12.0. The molecule has 0 saturated carbocycles. The van der Waals surface area contributed by atoms with Gasteiger partial charge in [-0.2, -0.15) is 0 Å². The molecular weight excluding hydrogens is 144 g/mol. The van der Waals surface area contributed by atoms with E-state index in [1.807, 2.05) is 0 Å². The van der Waals surface area contributed by atoms with Crippen LogP contribution in [0.3, 0.4) is 0 Å². The summed E-state index contributed by atoms with van der Waals surface area (Å²) in [6.07, 6.45) is 10.7. The Morgan fingerprint density at radius 1 is 1.00 bits per heavy atom. The van der Waals surface area contributed by atoms with Gasteiger partial charge in [0, 0.05) is 0 Å². The van der Waals surface area contributed by atoms with E-state index in [1.165, 1.54) is 38.5 Å². The molecule has 0 aromatic carbocycles. The molecule has 0 aliphatic heterocycles. The first-order valence-electron chi connectivity index (χ1n) is 5.43. The third-order valence-corrected chi connectivity index (χ3v) is 2.71. The van der Waals surface area contributed by atoms with E-state index in [1.54, 1.807) is 0 Å². The molecule has 0 aromatic rings. The van der Waals surface area contributed by atoms with Crippen molar-refractivity contribution in [2.45, 2.75) is 66.2 Å². The highest BCUT2D eigenvalue weighted by molar-refractivity contribution is 4.80. The van der Waals surface area contributed by atoms with E-state index in [4.69, 9.17) is 0 Å². The third-order valence-electron chi connectivity index (χ3n) is 2.71. The van der Waals surface area contributed by atoms with Gasteiger partial charge in [-0.3, -0.25) is 0 Å². The Labute approximate surface area is 78.8 Å². The van der Waals surface area contributed by atoms with Gasteiger partial charge in [-0.25, -0.2) is 0 Å². The van der Waals surface area contributed by atoms with Crippen molar-refractivity contribution < 1.29 is 0 Å². The maximum absolute atomic E-state index is 2.33. The smallest absolute Gasteiger partial charge is 0.0326 e.